The molecule has 1 aliphatic heterocycles. The van der Waals surface area contributed by atoms with E-state index in [1.807, 2.05) is 0 Å². The molecule has 0 spiro atoms. The number of ether oxygens (including phenoxy) is 1. The van der Waals surface area contributed by atoms with Crippen LogP contribution in [0.25, 0.3) is 11.2 Å². The number of hydrogen-bond donors (Lipinski definition) is 6. The van der Waals surface area contributed by atoms with Crippen LogP contribution in [0.4, 0.5) is 11.8 Å². The summed E-state index contributed by atoms with van der Waals surface area (Å²) in [6.07, 6.45) is -2.66. The van der Waals surface area contributed by atoms with Gasteiger partial charge in [0.15, 0.2) is 23.2 Å². The second-order valence-electron chi connectivity index (χ2n) is 8.45. The summed E-state index contributed by atoms with van der Waals surface area (Å²) in [5.41, 5.74) is 6.37. The zero-order valence-corrected chi connectivity index (χ0v) is 21.9. The van der Waals surface area contributed by atoms with Gasteiger partial charge in [-0.25, -0.2) is 9.55 Å². The SMILES string of the molecule is CNc1nc(N)nc2c1ncn2[C@@H]1O[C@H](COP(=O)(N[C@H](C)C(=O)O)Oc2ccccc2)[C@@H](O)[C@]1(Cl)CO. The highest BCUT2D eigenvalue weighted by Gasteiger charge is 2.57. The minimum absolute atomic E-state index is 0.0659. The number of carboxylic acids is 1. The van der Waals surface area contributed by atoms with Gasteiger partial charge in [-0.05, 0) is 19.1 Å². The van der Waals surface area contributed by atoms with E-state index in [0.29, 0.717) is 11.3 Å². The Balaban J connectivity index is 1.61. The Bertz CT molecular complexity index is 1350. The Kier molecular flexibility index (Phi) is 8.09. The van der Waals surface area contributed by atoms with E-state index in [9.17, 15) is 24.7 Å². The lowest BCUT2D eigenvalue weighted by Gasteiger charge is -2.28. The van der Waals surface area contributed by atoms with Gasteiger partial charge in [0.05, 0.1) is 19.5 Å². The number of nitrogens with one attached hydrogen (secondary N) is 2. The molecule has 6 atom stereocenters. The first-order valence-electron chi connectivity index (χ1n) is 11.3. The van der Waals surface area contributed by atoms with Crippen LogP contribution in [0.2, 0.25) is 0 Å². The fourth-order valence-corrected chi connectivity index (χ4v) is 5.66. The van der Waals surface area contributed by atoms with E-state index >= 15 is 0 Å². The number of aromatic nitrogens is 4. The van der Waals surface area contributed by atoms with Gasteiger partial charge in [-0.1, -0.05) is 18.2 Å². The number of halogens is 1. The third-order valence-corrected chi connectivity index (χ3v) is 8.00. The van der Waals surface area contributed by atoms with Crippen LogP contribution in [0.5, 0.6) is 5.75 Å². The molecule has 1 fully saturated rings. The summed E-state index contributed by atoms with van der Waals surface area (Å²) in [6.45, 7) is -0.0279. The van der Waals surface area contributed by atoms with Crippen LogP contribution in [0, 0.1) is 0 Å². The molecule has 0 saturated carbocycles. The molecule has 1 unspecified atom stereocenters. The van der Waals surface area contributed by atoms with Gasteiger partial charge in [-0.3, -0.25) is 13.9 Å². The van der Waals surface area contributed by atoms with Crippen molar-refractivity contribution in [2.75, 3.05) is 31.3 Å². The van der Waals surface area contributed by atoms with Crippen LogP contribution in [-0.2, 0) is 18.6 Å². The highest BCUT2D eigenvalue weighted by atomic mass is 35.5. The predicted molar refractivity (Wildman–Crippen MR) is 136 cm³/mol. The number of carboxylic acid groups (broad SMARTS) is 1. The molecule has 1 aromatic carbocycles. The average molecular weight is 572 g/mol. The molecule has 7 N–H and O–H groups in total. The van der Waals surface area contributed by atoms with Crippen molar-refractivity contribution in [3.63, 3.8) is 0 Å². The Morgan fingerprint density at radius 1 is 1.37 bits per heavy atom. The van der Waals surface area contributed by atoms with Gasteiger partial charge >= 0.3 is 13.7 Å². The molecule has 3 heterocycles. The van der Waals surface area contributed by atoms with Crippen molar-refractivity contribution in [3.8, 4) is 5.75 Å². The number of imidazole rings is 1. The molecule has 0 amide bonds. The van der Waals surface area contributed by atoms with E-state index in [1.165, 1.54) is 30.0 Å². The van der Waals surface area contributed by atoms with Crippen LogP contribution in [-0.4, -0.2) is 84.2 Å². The summed E-state index contributed by atoms with van der Waals surface area (Å²) in [5, 5.41) is 35.6. The molecule has 0 bridgehead atoms. The zero-order valence-electron chi connectivity index (χ0n) is 20.3. The van der Waals surface area contributed by atoms with Gasteiger partial charge in [-0.15, -0.1) is 11.6 Å². The van der Waals surface area contributed by atoms with Crippen molar-refractivity contribution in [1.82, 2.24) is 24.6 Å². The minimum atomic E-state index is -4.31. The molecule has 2 aromatic heterocycles. The number of rotatable bonds is 11. The number of nitrogen functional groups attached to an aromatic ring is 1. The normalized spacial score (nSPS) is 25.7. The second kappa shape index (κ2) is 11.0. The van der Waals surface area contributed by atoms with Crippen LogP contribution in [0.15, 0.2) is 36.7 Å². The number of anilines is 2. The Morgan fingerprint density at radius 2 is 2.08 bits per heavy atom. The van der Waals surface area contributed by atoms with Crippen molar-refractivity contribution in [2.24, 2.45) is 0 Å². The molecule has 3 aromatic rings. The number of alkyl halides is 1. The minimum Gasteiger partial charge on any atom is -0.480 e. The first-order chi connectivity index (χ1) is 18.0. The number of benzene rings is 1. The van der Waals surface area contributed by atoms with E-state index < -0.39 is 56.3 Å². The maximum Gasteiger partial charge on any atom is 0.459 e. The Labute approximate surface area is 221 Å². The third kappa shape index (κ3) is 5.40. The summed E-state index contributed by atoms with van der Waals surface area (Å²) in [4.78, 5) is 22.1. The monoisotopic (exact) mass is 571 g/mol. The lowest BCUT2D eigenvalue weighted by molar-refractivity contribution is -0.138. The summed E-state index contributed by atoms with van der Waals surface area (Å²) < 4.78 is 31.8. The van der Waals surface area contributed by atoms with Crippen LogP contribution in [0.3, 0.4) is 0 Å². The standard InChI is InChI=1S/C21H27ClN7O8P/c1-11(18(32)33)28-38(34,37-12-6-4-3-5-7-12)35-8-13-15(31)21(22,9-30)19(36-13)29-10-25-14-16(24-2)26-20(23)27-17(14)29/h3-7,10-11,13,15,19,30-31H,8-9H2,1-2H3,(H,28,34)(H,32,33)(H3,23,24,26,27)/t11-,13-,15-,19-,21-,38?/m1/s1. The number of fused-ring (bicyclic) bond motifs is 1. The maximum atomic E-state index is 13.5. The fraction of sp³-hybridized carbons (Fsp3) is 0.429. The van der Waals surface area contributed by atoms with Gasteiger partial charge in [0.1, 0.15) is 28.9 Å². The quantitative estimate of drug-likeness (QED) is 0.139. The van der Waals surface area contributed by atoms with E-state index in [4.69, 9.17) is 31.1 Å². The van der Waals surface area contributed by atoms with Crippen molar-refractivity contribution in [2.45, 2.75) is 36.3 Å². The fourth-order valence-electron chi connectivity index (χ4n) is 3.86. The number of aliphatic hydroxyl groups is 2. The second-order valence-corrected chi connectivity index (χ2v) is 10.8. The van der Waals surface area contributed by atoms with E-state index in [-0.39, 0.29) is 17.3 Å². The lowest BCUT2D eigenvalue weighted by atomic mass is 9.99. The molecule has 15 nitrogen and oxygen atoms in total. The molecular weight excluding hydrogens is 545 g/mol. The van der Waals surface area contributed by atoms with Gasteiger partial charge in [-0.2, -0.15) is 15.1 Å². The van der Waals surface area contributed by atoms with Crippen molar-refractivity contribution >= 4 is 48.2 Å². The smallest absolute Gasteiger partial charge is 0.459 e. The number of nitrogens with two attached hydrogens (primary N) is 1. The number of aliphatic carboxylic acids is 1. The number of carbonyl (C=O) groups is 1. The molecule has 0 radical (unpaired) electrons. The lowest BCUT2D eigenvalue weighted by Crippen LogP contribution is -2.45. The Hall–Kier alpha value is -3.04. The first kappa shape index (κ1) is 28.0. The molecule has 206 valence electrons. The average Bonchev–Trinajstić information content (AvgIpc) is 3.41. The molecule has 38 heavy (non-hydrogen) atoms. The molecular formula is C21H27ClN7O8P. The number of nitrogens with zero attached hydrogens (tertiary/aromatic N) is 4. The molecule has 0 aliphatic carbocycles. The maximum absolute atomic E-state index is 13.5. The Morgan fingerprint density at radius 3 is 2.71 bits per heavy atom. The van der Waals surface area contributed by atoms with Crippen molar-refractivity contribution < 1.29 is 38.5 Å². The van der Waals surface area contributed by atoms with Crippen LogP contribution < -0.4 is 20.7 Å². The van der Waals surface area contributed by atoms with Crippen molar-refractivity contribution in [3.05, 3.63) is 36.7 Å². The third-order valence-electron chi connectivity index (χ3n) is 5.83. The van der Waals surface area contributed by atoms with E-state index in [0.717, 1.165) is 0 Å². The van der Waals surface area contributed by atoms with Gasteiger partial charge < -0.3 is 35.6 Å². The molecule has 1 saturated heterocycles. The van der Waals surface area contributed by atoms with Gasteiger partial charge in [0, 0.05) is 7.05 Å². The molecule has 1 aliphatic rings. The first-order valence-corrected chi connectivity index (χ1v) is 13.2. The predicted octanol–water partition coefficient (Wildman–Crippen LogP) is 0.945. The number of para-hydroxylation sites is 1. The largest absolute Gasteiger partial charge is 0.480 e. The van der Waals surface area contributed by atoms with Gasteiger partial charge in [0.25, 0.3) is 0 Å². The summed E-state index contributed by atoms with van der Waals surface area (Å²) in [7, 11) is -2.69. The highest BCUT2D eigenvalue weighted by molar-refractivity contribution is 7.52. The molecule has 4 rings (SSSR count). The van der Waals surface area contributed by atoms with Crippen molar-refractivity contribution in [1.29, 1.82) is 0 Å². The van der Waals surface area contributed by atoms with Crippen LogP contribution in [0.1, 0.15) is 13.2 Å². The topological polar surface area (TPSA) is 216 Å². The van der Waals surface area contributed by atoms with E-state index in [2.05, 4.69) is 25.4 Å². The number of aliphatic hydroxyl groups excluding tert-OH is 2. The van der Waals surface area contributed by atoms with E-state index in [1.54, 1.807) is 25.2 Å². The van der Waals surface area contributed by atoms with Gasteiger partial charge in [0.2, 0.25) is 5.95 Å². The highest BCUT2D eigenvalue weighted by Crippen LogP contribution is 2.48. The zero-order chi connectivity index (χ0) is 27.7. The van der Waals surface area contributed by atoms with Crippen LogP contribution >= 0.6 is 19.3 Å². The summed E-state index contributed by atoms with van der Waals surface area (Å²) in [5.74, 6) is -0.872. The summed E-state index contributed by atoms with van der Waals surface area (Å²) in [6, 6.07) is 6.67. The molecule has 17 heteroatoms. The summed E-state index contributed by atoms with van der Waals surface area (Å²) >= 11 is 6.66. The number of hydrogen-bond acceptors (Lipinski definition) is 12.